The number of piperidine rings is 1. The van der Waals surface area contributed by atoms with Gasteiger partial charge < -0.3 is 14.6 Å². The molecule has 1 aliphatic heterocycles. The molecule has 0 radical (unpaired) electrons. The largest absolute Gasteiger partial charge is 0.388 e. The van der Waals surface area contributed by atoms with Crippen LogP contribution in [0, 0.1) is 12.3 Å². The Morgan fingerprint density at radius 3 is 2.55 bits per heavy atom. The first-order valence-electron chi connectivity index (χ1n) is 7.94. The first-order chi connectivity index (χ1) is 9.37. The fraction of sp³-hybridized carbons (Fsp3) is 0.765. The van der Waals surface area contributed by atoms with Crippen LogP contribution in [0.5, 0.6) is 0 Å². The van der Waals surface area contributed by atoms with Gasteiger partial charge in [0.15, 0.2) is 0 Å². The Morgan fingerprint density at radius 2 is 1.90 bits per heavy atom. The number of rotatable bonds is 1. The van der Waals surface area contributed by atoms with Crippen molar-refractivity contribution in [2.24, 2.45) is 5.41 Å². The molecule has 0 amide bonds. The molecule has 3 rings (SSSR count). The Hall–Kier alpha value is -0.800. The molecular formula is C17H28N2O. The zero-order valence-electron chi connectivity index (χ0n) is 13.3. The lowest BCUT2D eigenvalue weighted by molar-refractivity contribution is 0.0964. The molecule has 1 unspecified atom stereocenters. The van der Waals surface area contributed by atoms with Crippen LogP contribution in [-0.2, 0) is 6.42 Å². The average Bonchev–Trinajstić information content (AvgIpc) is 2.66. The van der Waals surface area contributed by atoms with E-state index in [9.17, 15) is 5.11 Å². The van der Waals surface area contributed by atoms with Gasteiger partial charge in [0.2, 0.25) is 0 Å². The summed E-state index contributed by atoms with van der Waals surface area (Å²) in [6.07, 6.45) is 4.17. The first-order valence-corrected chi connectivity index (χ1v) is 7.94. The Morgan fingerprint density at radius 1 is 1.25 bits per heavy atom. The zero-order valence-corrected chi connectivity index (χ0v) is 13.3. The Kier molecular flexibility index (Phi) is 3.46. The van der Waals surface area contributed by atoms with Crippen LogP contribution in [0.3, 0.4) is 0 Å². The maximum atomic E-state index is 10.5. The third-order valence-electron chi connectivity index (χ3n) is 5.17. The summed E-state index contributed by atoms with van der Waals surface area (Å²) in [5.74, 6) is 0. The standard InChI is InChI=1S/C17H28N2O/c1-12-9-14-15(10-17(2,3)11-16(14)20)19(12)13-5-7-18(4)8-6-13/h9,13,16,20H,5-8,10-11H2,1-4H3. The fourth-order valence-electron chi connectivity index (χ4n) is 4.13. The molecule has 1 saturated heterocycles. The highest BCUT2D eigenvalue weighted by Gasteiger charge is 2.35. The first kappa shape index (κ1) is 14.2. The van der Waals surface area contributed by atoms with E-state index in [1.165, 1.54) is 42.9 Å². The minimum Gasteiger partial charge on any atom is -0.388 e. The van der Waals surface area contributed by atoms with Crippen LogP contribution in [0.2, 0.25) is 0 Å². The summed E-state index contributed by atoms with van der Waals surface area (Å²) >= 11 is 0. The number of hydrogen-bond donors (Lipinski definition) is 1. The number of aliphatic hydroxyl groups excluding tert-OH is 1. The normalized spacial score (nSPS) is 27.6. The van der Waals surface area contributed by atoms with Crippen molar-refractivity contribution in [3.8, 4) is 0 Å². The maximum Gasteiger partial charge on any atom is 0.0812 e. The molecule has 20 heavy (non-hydrogen) atoms. The second-order valence-electron chi connectivity index (χ2n) is 7.65. The lowest BCUT2D eigenvalue weighted by atomic mass is 9.75. The van der Waals surface area contributed by atoms with E-state index < -0.39 is 0 Å². The van der Waals surface area contributed by atoms with Crippen LogP contribution >= 0.6 is 0 Å². The molecule has 1 N–H and O–H groups in total. The number of likely N-dealkylation sites (tertiary alicyclic amines) is 1. The molecule has 3 heteroatoms. The highest BCUT2D eigenvalue weighted by atomic mass is 16.3. The summed E-state index contributed by atoms with van der Waals surface area (Å²) in [5.41, 5.74) is 4.14. The van der Waals surface area contributed by atoms with Gasteiger partial charge in [-0.3, -0.25) is 0 Å². The summed E-state index contributed by atoms with van der Waals surface area (Å²) in [7, 11) is 2.21. The van der Waals surface area contributed by atoms with Gasteiger partial charge in [0, 0.05) is 23.0 Å². The second-order valence-corrected chi connectivity index (χ2v) is 7.65. The summed E-state index contributed by atoms with van der Waals surface area (Å²) in [6, 6.07) is 2.85. The fourth-order valence-corrected chi connectivity index (χ4v) is 4.13. The minimum atomic E-state index is -0.278. The van der Waals surface area contributed by atoms with E-state index >= 15 is 0 Å². The van der Waals surface area contributed by atoms with Gasteiger partial charge in [-0.1, -0.05) is 13.8 Å². The van der Waals surface area contributed by atoms with Gasteiger partial charge in [-0.15, -0.1) is 0 Å². The highest BCUT2D eigenvalue weighted by molar-refractivity contribution is 5.34. The third-order valence-corrected chi connectivity index (χ3v) is 5.17. The van der Waals surface area contributed by atoms with E-state index in [4.69, 9.17) is 0 Å². The van der Waals surface area contributed by atoms with Crippen LogP contribution in [-0.4, -0.2) is 34.7 Å². The van der Waals surface area contributed by atoms with E-state index in [0.717, 1.165) is 12.8 Å². The summed E-state index contributed by atoms with van der Waals surface area (Å²) in [4.78, 5) is 2.42. The van der Waals surface area contributed by atoms with Gasteiger partial charge in [0.05, 0.1) is 6.10 Å². The summed E-state index contributed by atoms with van der Waals surface area (Å²) in [6.45, 7) is 9.13. The SMILES string of the molecule is Cc1cc2c(n1C1CCN(C)CC1)CC(C)(C)CC2O. The second kappa shape index (κ2) is 4.88. The molecule has 2 heterocycles. The molecule has 0 bridgehead atoms. The summed E-state index contributed by atoms with van der Waals surface area (Å²) < 4.78 is 2.55. The highest BCUT2D eigenvalue weighted by Crippen LogP contribution is 2.43. The van der Waals surface area contributed by atoms with Crippen molar-refractivity contribution in [1.29, 1.82) is 0 Å². The molecular weight excluding hydrogens is 248 g/mol. The number of aliphatic hydroxyl groups is 1. The van der Waals surface area contributed by atoms with Crippen LogP contribution in [0.25, 0.3) is 0 Å². The molecule has 1 aromatic heterocycles. The van der Waals surface area contributed by atoms with Crippen LogP contribution < -0.4 is 0 Å². The number of aryl methyl sites for hydroxylation is 1. The van der Waals surface area contributed by atoms with E-state index in [1.807, 2.05) is 0 Å². The minimum absolute atomic E-state index is 0.209. The predicted molar refractivity (Wildman–Crippen MR) is 82.0 cm³/mol. The molecule has 2 aliphatic rings. The van der Waals surface area contributed by atoms with E-state index in [-0.39, 0.29) is 11.5 Å². The van der Waals surface area contributed by atoms with Crippen LogP contribution in [0.1, 0.15) is 62.2 Å². The molecule has 0 spiro atoms. The molecule has 1 atom stereocenters. The molecule has 112 valence electrons. The number of hydrogen-bond acceptors (Lipinski definition) is 2. The molecule has 3 nitrogen and oxygen atoms in total. The van der Waals surface area contributed by atoms with Gasteiger partial charge in [-0.05, 0) is 64.2 Å². The predicted octanol–water partition coefficient (Wildman–Crippen LogP) is 3.07. The van der Waals surface area contributed by atoms with Crippen molar-refractivity contribution < 1.29 is 5.11 Å². The van der Waals surface area contributed by atoms with Gasteiger partial charge >= 0.3 is 0 Å². The maximum absolute atomic E-state index is 10.5. The smallest absolute Gasteiger partial charge is 0.0812 e. The molecule has 1 fully saturated rings. The van der Waals surface area contributed by atoms with Crippen LogP contribution in [0.15, 0.2) is 6.07 Å². The van der Waals surface area contributed by atoms with Gasteiger partial charge in [0.25, 0.3) is 0 Å². The van der Waals surface area contributed by atoms with Crippen molar-refractivity contribution in [3.63, 3.8) is 0 Å². The van der Waals surface area contributed by atoms with E-state index in [0.29, 0.717) is 6.04 Å². The molecule has 0 saturated carbocycles. The van der Waals surface area contributed by atoms with E-state index in [2.05, 4.69) is 43.4 Å². The van der Waals surface area contributed by atoms with Crippen molar-refractivity contribution >= 4 is 0 Å². The quantitative estimate of drug-likeness (QED) is 0.854. The summed E-state index contributed by atoms with van der Waals surface area (Å²) in [5, 5.41) is 10.5. The van der Waals surface area contributed by atoms with Gasteiger partial charge in [-0.2, -0.15) is 0 Å². The monoisotopic (exact) mass is 276 g/mol. The lowest BCUT2D eigenvalue weighted by Gasteiger charge is -2.37. The average molecular weight is 276 g/mol. The number of nitrogens with zero attached hydrogens (tertiary/aromatic N) is 2. The van der Waals surface area contributed by atoms with Crippen molar-refractivity contribution in [2.45, 2.75) is 58.6 Å². The van der Waals surface area contributed by atoms with Crippen molar-refractivity contribution in [2.75, 3.05) is 20.1 Å². The molecule has 0 aromatic carbocycles. The number of fused-ring (bicyclic) bond motifs is 1. The molecule has 1 aromatic rings. The Balaban J connectivity index is 1.96. The van der Waals surface area contributed by atoms with Crippen molar-refractivity contribution in [1.82, 2.24) is 9.47 Å². The zero-order chi connectivity index (χ0) is 14.5. The van der Waals surface area contributed by atoms with Crippen LogP contribution in [0.4, 0.5) is 0 Å². The third kappa shape index (κ3) is 2.42. The van der Waals surface area contributed by atoms with Gasteiger partial charge in [-0.25, -0.2) is 0 Å². The topological polar surface area (TPSA) is 28.4 Å². The Bertz CT molecular complexity index is 495. The van der Waals surface area contributed by atoms with E-state index in [1.54, 1.807) is 0 Å². The van der Waals surface area contributed by atoms with Crippen molar-refractivity contribution in [3.05, 3.63) is 23.0 Å². The molecule has 1 aliphatic carbocycles. The number of aromatic nitrogens is 1. The lowest BCUT2D eigenvalue weighted by Crippen LogP contribution is -2.34. The van der Waals surface area contributed by atoms with Gasteiger partial charge in [0.1, 0.15) is 0 Å². The Labute approximate surface area is 122 Å².